The molecule has 2 N–H and O–H groups in total. The molecule has 4 heteroatoms. The van der Waals surface area contributed by atoms with Gasteiger partial charge >= 0.3 is 0 Å². The number of piperidine rings is 1. The molecular formula is C14H21ClN2O. The number of halogens is 1. The number of phenolic OH excluding ortho intramolecular Hbond substituents is 1. The molecule has 0 aromatic heterocycles. The number of nitrogens with one attached hydrogen (secondary N) is 1. The summed E-state index contributed by atoms with van der Waals surface area (Å²) < 4.78 is 0. The molecule has 1 aliphatic rings. The van der Waals surface area contributed by atoms with Crippen LogP contribution in [0.3, 0.4) is 0 Å². The third kappa shape index (κ3) is 3.87. The summed E-state index contributed by atoms with van der Waals surface area (Å²) in [6.07, 6.45) is 2.56. The topological polar surface area (TPSA) is 35.5 Å². The van der Waals surface area contributed by atoms with Crippen LogP contribution >= 0.6 is 11.6 Å². The molecule has 2 rings (SSSR count). The van der Waals surface area contributed by atoms with Gasteiger partial charge in [0.15, 0.2) is 0 Å². The minimum Gasteiger partial charge on any atom is -0.506 e. The quantitative estimate of drug-likeness (QED) is 0.881. The molecule has 0 aliphatic carbocycles. The predicted molar refractivity (Wildman–Crippen MR) is 75.0 cm³/mol. The lowest BCUT2D eigenvalue weighted by Crippen LogP contribution is -2.34. The minimum atomic E-state index is 0.149. The van der Waals surface area contributed by atoms with Crippen molar-refractivity contribution in [1.82, 2.24) is 10.2 Å². The number of nitrogens with zero attached hydrogens (tertiary/aromatic N) is 1. The van der Waals surface area contributed by atoms with Gasteiger partial charge in [-0.05, 0) is 63.1 Å². The first-order chi connectivity index (χ1) is 8.65. The Morgan fingerprint density at radius 1 is 1.39 bits per heavy atom. The first kappa shape index (κ1) is 13.7. The van der Waals surface area contributed by atoms with Gasteiger partial charge in [0.05, 0.1) is 5.02 Å². The normalized spacial score (nSPS) is 18.1. The van der Waals surface area contributed by atoms with E-state index in [2.05, 4.69) is 17.3 Å². The van der Waals surface area contributed by atoms with Crippen molar-refractivity contribution in [3.05, 3.63) is 28.8 Å². The summed E-state index contributed by atoms with van der Waals surface area (Å²) in [5.41, 5.74) is 1.12. The van der Waals surface area contributed by atoms with Crippen molar-refractivity contribution >= 4 is 11.6 Å². The Labute approximate surface area is 114 Å². The Bertz CT molecular complexity index is 389. The van der Waals surface area contributed by atoms with Crippen LogP contribution in [-0.2, 0) is 6.54 Å². The Kier molecular flexibility index (Phi) is 4.87. The van der Waals surface area contributed by atoms with Gasteiger partial charge in [0.25, 0.3) is 0 Å². The van der Waals surface area contributed by atoms with Crippen LogP contribution in [0.5, 0.6) is 5.75 Å². The summed E-state index contributed by atoms with van der Waals surface area (Å²) in [5.74, 6) is 0.935. The molecule has 1 heterocycles. The molecular weight excluding hydrogens is 248 g/mol. The lowest BCUT2D eigenvalue weighted by atomic mass is 9.97. The average Bonchev–Trinajstić information content (AvgIpc) is 2.36. The minimum absolute atomic E-state index is 0.149. The highest BCUT2D eigenvalue weighted by Crippen LogP contribution is 2.23. The van der Waals surface area contributed by atoms with E-state index in [0.29, 0.717) is 5.02 Å². The smallest absolute Gasteiger partial charge is 0.134 e. The van der Waals surface area contributed by atoms with Gasteiger partial charge in [0.1, 0.15) is 5.75 Å². The fourth-order valence-electron chi connectivity index (χ4n) is 2.35. The van der Waals surface area contributed by atoms with Crippen LogP contribution in [0.2, 0.25) is 5.02 Å². The highest BCUT2D eigenvalue weighted by atomic mass is 35.5. The molecule has 0 amide bonds. The molecule has 1 aromatic carbocycles. The first-order valence-corrected chi connectivity index (χ1v) is 6.89. The number of benzene rings is 1. The molecule has 0 atom stereocenters. The number of aromatic hydroxyl groups is 1. The molecule has 0 radical (unpaired) electrons. The van der Waals surface area contributed by atoms with Crippen molar-refractivity contribution in [3.63, 3.8) is 0 Å². The lowest BCUT2D eigenvalue weighted by molar-refractivity contribution is 0.216. The number of hydrogen-bond acceptors (Lipinski definition) is 3. The largest absolute Gasteiger partial charge is 0.506 e. The van der Waals surface area contributed by atoms with Crippen LogP contribution in [0.1, 0.15) is 18.4 Å². The molecule has 1 saturated heterocycles. The monoisotopic (exact) mass is 268 g/mol. The maximum absolute atomic E-state index is 9.34. The van der Waals surface area contributed by atoms with Gasteiger partial charge in [-0.2, -0.15) is 0 Å². The van der Waals surface area contributed by atoms with E-state index in [1.165, 1.54) is 25.9 Å². The number of rotatable bonds is 4. The van der Waals surface area contributed by atoms with Crippen molar-refractivity contribution in [2.45, 2.75) is 19.4 Å². The fourth-order valence-corrected chi connectivity index (χ4v) is 2.55. The molecule has 1 fully saturated rings. The Hall–Kier alpha value is -0.770. The Morgan fingerprint density at radius 2 is 2.11 bits per heavy atom. The summed E-state index contributed by atoms with van der Waals surface area (Å²) in [5, 5.41) is 13.2. The summed E-state index contributed by atoms with van der Waals surface area (Å²) in [7, 11) is 2.18. The Balaban J connectivity index is 1.73. The van der Waals surface area contributed by atoms with Crippen molar-refractivity contribution < 1.29 is 5.11 Å². The zero-order valence-electron chi connectivity index (χ0n) is 10.8. The lowest BCUT2D eigenvalue weighted by Gasteiger charge is -2.29. The van der Waals surface area contributed by atoms with E-state index in [1.807, 2.05) is 12.1 Å². The second-order valence-electron chi connectivity index (χ2n) is 5.16. The maximum atomic E-state index is 9.34. The van der Waals surface area contributed by atoms with Crippen molar-refractivity contribution in [3.8, 4) is 5.75 Å². The summed E-state index contributed by atoms with van der Waals surface area (Å²) >= 11 is 5.87. The molecule has 0 bridgehead atoms. The van der Waals surface area contributed by atoms with Crippen molar-refractivity contribution in [1.29, 1.82) is 0 Å². The van der Waals surface area contributed by atoms with E-state index in [9.17, 15) is 5.11 Å². The van der Waals surface area contributed by atoms with Gasteiger partial charge in [-0.1, -0.05) is 17.7 Å². The van der Waals surface area contributed by atoms with Crippen LogP contribution in [0.25, 0.3) is 0 Å². The first-order valence-electron chi connectivity index (χ1n) is 6.52. The van der Waals surface area contributed by atoms with Crippen LogP contribution in [0.15, 0.2) is 18.2 Å². The second kappa shape index (κ2) is 6.41. The second-order valence-corrected chi connectivity index (χ2v) is 5.57. The van der Waals surface area contributed by atoms with Gasteiger partial charge in [-0.25, -0.2) is 0 Å². The highest BCUT2D eigenvalue weighted by molar-refractivity contribution is 6.32. The standard InChI is InChI=1S/C14H21ClN2O/c1-17-6-4-11(5-7-17)9-16-10-12-2-3-14(18)13(15)8-12/h2-3,8,11,16,18H,4-7,9-10H2,1H3. The van der Waals surface area contributed by atoms with E-state index in [1.54, 1.807) is 6.07 Å². The molecule has 0 unspecified atom stereocenters. The number of hydrogen-bond donors (Lipinski definition) is 2. The van der Waals surface area contributed by atoms with Gasteiger partial charge in [-0.3, -0.25) is 0 Å². The van der Waals surface area contributed by atoms with Crippen LogP contribution < -0.4 is 5.32 Å². The molecule has 1 aliphatic heterocycles. The van der Waals surface area contributed by atoms with E-state index < -0.39 is 0 Å². The average molecular weight is 269 g/mol. The van der Waals surface area contributed by atoms with Gasteiger partial charge in [-0.15, -0.1) is 0 Å². The number of likely N-dealkylation sites (tertiary alicyclic amines) is 1. The third-order valence-electron chi connectivity index (χ3n) is 3.61. The summed E-state index contributed by atoms with van der Waals surface area (Å²) in [6.45, 7) is 4.29. The Morgan fingerprint density at radius 3 is 2.78 bits per heavy atom. The fraction of sp³-hybridized carbons (Fsp3) is 0.571. The number of phenols is 1. The van der Waals surface area contributed by atoms with Gasteiger partial charge in [0.2, 0.25) is 0 Å². The van der Waals surface area contributed by atoms with E-state index in [-0.39, 0.29) is 5.75 Å². The van der Waals surface area contributed by atoms with Crippen LogP contribution in [0.4, 0.5) is 0 Å². The van der Waals surface area contributed by atoms with E-state index >= 15 is 0 Å². The maximum Gasteiger partial charge on any atom is 0.134 e. The molecule has 0 saturated carbocycles. The van der Waals surface area contributed by atoms with Crippen molar-refractivity contribution in [2.24, 2.45) is 5.92 Å². The third-order valence-corrected chi connectivity index (χ3v) is 3.92. The zero-order valence-corrected chi connectivity index (χ0v) is 11.6. The van der Waals surface area contributed by atoms with Crippen LogP contribution in [0, 0.1) is 5.92 Å². The zero-order chi connectivity index (χ0) is 13.0. The molecule has 3 nitrogen and oxygen atoms in total. The molecule has 100 valence electrons. The summed E-state index contributed by atoms with van der Waals surface area (Å²) in [4.78, 5) is 2.39. The van der Waals surface area contributed by atoms with Gasteiger partial charge < -0.3 is 15.3 Å². The molecule has 1 aromatic rings. The van der Waals surface area contributed by atoms with Gasteiger partial charge in [0, 0.05) is 6.54 Å². The predicted octanol–water partition coefficient (Wildman–Crippen LogP) is 2.48. The molecule has 0 spiro atoms. The van der Waals surface area contributed by atoms with Crippen LogP contribution in [-0.4, -0.2) is 36.7 Å². The summed E-state index contributed by atoms with van der Waals surface area (Å²) in [6, 6.07) is 5.37. The van der Waals surface area contributed by atoms with E-state index in [0.717, 1.165) is 24.6 Å². The SMILES string of the molecule is CN1CCC(CNCc2ccc(O)c(Cl)c2)CC1. The molecule has 18 heavy (non-hydrogen) atoms. The van der Waals surface area contributed by atoms with E-state index in [4.69, 9.17) is 11.6 Å². The highest BCUT2D eigenvalue weighted by Gasteiger charge is 2.15. The van der Waals surface area contributed by atoms with Crippen molar-refractivity contribution in [2.75, 3.05) is 26.7 Å².